The minimum absolute atomic E-state index is 0.501. The van der Waals surface area contributed by atoms with Gasteiger partial charge in [-0.25, -0.2) is 0 Å². The highest BCUT2D eigenvalue weighted by atomic mass is 16.4. The Morgan fingerprint density at radius 2 is 1.87 bits per heavy atom. The summed E-state index contributed by atoms with van der Waals surface area (Å²) in [5.74, 6) is -0.743. The van der Waals surface area contributed by atoms with Crippen molar-refractivity contribution in [3.63, 3.8) is 0 Å². The van der Waals surface area contributed by atoms with E-state index in [9.17, 15) is 9.90 Å². The number of benzene rings is 1. The second-order valence-corrected chi connectivity index (χ2v) is 4.19. The third kappa shape index (κ3) is 1.63. The SMILES string of the molecule is CC(O)c1ccc(C2(C(=O)O)CC2)cc1. The minimum atomic E-state index is -0.743. The predicted octanol–water partition coefficient (Wildman–Crippen LogP) is 1.86. The molecule has 1 atom stereocenters. The fourth-order valence-corrected chi connectivity index (χ4v) is 1.83. The lowest BCUT2D eigenvalue weighted by Crippen LogP contribution is -2.19. The number of aliphatic carboxylic acids is 1. The van der Waals surface area contributed by atoms with Crippen LogP contribution in [0, 0.1) is 0 Å². The van der Waals surface area contributed by atoms with E-state index >= 15 is 0 Å². The molecule has 1 aliphatic carbocycles. The molecule has 3 heteroatoms. The monoisotopic (exact) mass is 206 g/mol. The molecule has 3 nitrogen and oxygen atoms in total. The van der Waals surface area contributed by atoms with E-state index in [0.717, 1.165) is 24.0 Å². The number of carbonyl (C=O) groups is 1. The molecule has 15 heavy (non-hydrogen) atoms. The van der Waals surface area contributed by atoms with Crippen LogP contribution in [0.4, 0.5) is 0 Å². The Morgan fingerprint density at radius 3 is 2.20 bits per heavy atom. The lowest BCUT2D eigenvalue weighted by Gasteiger charge is -2.11. The molecular formula is C12H14O3. The summed E-state index contributed by atoms with van der Waals surface area (Å²) in [5.41, 5.74) is 1.02. The summed E-state index contributed by atoms with van der Waals surface area (Å²) in [6, 6.07) is 7.21. The molecule has 0 saturated heterocycles. The molecule has 80 valence electrons. The van der Waals surface area contributed by atoms with Crippen LogP contribution >= 0.6 is 0 Å². The van der Waals surface area contributed by atoms with Gasteiger partial charge in [-0.15, -0.1) is 0 Å². The van der Waals surface area contributed by atoms with Crippen molar-refractivity contribution in [3.05, 3.63) is 35.4 Å². The number of rotatable bonds is 3. The van der Waals surface area contributed by atoms with Gasteiger partial charge in [-0.05, 0) is 30.9 Å². The summed E-state index contributed by atoms with van der Waals surface area (Å²) in [6.07, 6.45) is 0.936. The van der Waals surface area contributed by atoms with E-state index in [1.807, 2.05) is 12.1 Å². The van der Waals surface area contributed by atoms with Crippen LogP contribution in [0.5, 0.6) is 0 Å². The Bertz CT molecular complexity index is 374. The van der Waals surface area contributed by atoms with Gasteiger partial charge in [0.1, 0.15) is 0 Å². The molecule has 1 aliphatic rings. The molecule has 1 unspecified atom stereocenters. The van der Waals surface area contributed by atoms with Crippen molar-refractivity contribution >= 4 is 5.97 Å². The summed E-state index contributed by atoms with van der Waals surface area (Å²) >= 11 is 0. The van der Waals surface area contributed by atoms with E-state index in [1.165, 1.54) is 0 Å². The Morgan fingerprint density at radius 1 is 1.33 bits per heavy atom. The van der Waals surface area contributed by atoms with Gasteiger partial charge in [0.15, 0.2) is 0 Å². The van der Waals surface area contributed by atoms with E-state index in [1.54, 1.807) is 19.1 Å². The van der Waals surface area contributed by atoms with Crippen molar-refractivity contribution in [2.75, 3.05) is 0 Å². The van der Waals surface area contributed by atoms with Crippen molar-refractivity contribution in [2.45, 2.75) is 31.3 Å². The summed E-state index contributed by atoms with van der Waals surface area (Å²) in [4.78, 5) is 11.1. The minimum Gasteiger partial charge on any atom is -0.481 e. The Hall–Kier alpha value is -1.35. The van der Waals surface area contributed by atoms with Gasteiger partial charge in [-0.3, -0.25) is 4.79 Å². The first-order chi connectivity index (χ1) is 7.06. The molecule has 0 spiro atoms. The smallest absolute Gasteiger partial charge is 0.314 e. The van der Waals surface area contributed by atoms with E-state index in [-0.39, 0.29) is 0 Å². The van der Waals surface area contributed by atoms with Crippen molar-refractivity contribution in [1.29, 1.82) is 0 Å². The molecule has 2 N–H and O–H groups in total. The highest BCUT2D eigenvalue weighted by Gasteiger charge is 2.51. The van der Waals surface area contributed by atoms with Crippen LogP contribution in [-0.2, 0) is 10.2 Å². The van der Waals surface area contributed by atoms with Gasteiger partial charge in [0.05, 0.1) is 11.5 Å². The maximum absolute atomic E-state index is 11.1. The van der Waals surface area contributed by atoms with E-state index in [0.29, 0.717) is 0 Å². The van der Waals surface area contributed by atoms with Crippen LogP contribution in [0.15, 0.2) is 24.3 Å². The fraction of sp³-hybridized carbons (Fsp3) is 0.417. The van der Waals surface area contributed by atoms with Crippen molar-refractivity contribution in [2.24, 2.45) is 0 Å². The van der Waals surface area contributed by atoms with Crippen LogP contribution < -0.4 is 0 Å². The summed E-state index contributed by atoms with van der Waals surface area (Å²) in [5, 5.41) is 18.4. The number of aliphatic hydroxyl groups is 1. The van der Waals surface area contributed by atoms with Crippen LogP contribution in [0.2, 0.25) is 0 Å². The number of hydrogen-bond donors (Lipinski definition) is 2. The standard InChI is InChI=1S/C12H14O3/c1-8(13)9-2-4-10(5-3-9)12(6-7-12)11(14)15/h2-5,8,13H,6-7H2,1H3,(H,14,15). The predicted molar refractivity (Wildman–Crippen MR) is 55.6 cm³/mol. The molecule has 2 rings (SSSR count). The van der Waals surface area contributed by atoms with Crippen molar-refractivity contribution in [3.8, 4) is 0 Å². The number of carboxylic acids is 1. The van der Waals surface area contributed by atoms with Crippen LogP contribution in [0.1, 0.15) is 37.0 Å². The Balaban J connectivity index is 2.28. The number of aliphatic hydroxyl groups excluding tert-OH is 1. The van der Waals surface area contributed by atoms with Crippen molar-refractivity contribution in [1.82, 2.24) is 0 Å². The van der Waals surface area contributed by atoms with Crippen LogP contribution in [0.25, 0.3) is 0 Å². The summed E-state index contributed by atoms with van der Waals surface area (Å²) < 4.78 is 0. The second kappa shape index (κ2) is 3.35. The van der Waals surface area contributed by atoms with Gasteiger partial charge in [0.25, 0.3) is 0 Å². The average molecular weight is 206 g/mol. The van der Waals surface area contributed by atoms with E-state index < -0.39 is 17.5 Å². The maximum Gasteiger partial charge on any atom is 0.314 e. The van der Waals surface area contributed by atoms with Crippen molar-refractivity contribution < 1.29 is 15.0 Å². The molecule has 1 aromatic carbocycles. The molecular weight excluding hydrogens is 192 g/mol. The molecule has 1 fully saturated rings. The van der Waals surface area contributed by atoms with Gasteiger partial charge in [-0.2, -0.15) is 0 Å². The number of hydrogen-bond acceptors (Lipinski definition) is 2. The fourth-order valence-electron chi connectivity index (χ4n) is 1.83. The first-order valence-corrected chi connectivity index (χ1v) is 5.08. The topological polar surface area (TPSA) is 57.5 Å². The molecule has 0 aliphatic heterocycles. The normalized spacial score (nSPS) is 19.6. The highest BCUT2D eigenvalue weighted by molar-refractivity contribution is 5.84. The molecule has 0 aromatic heterocycles. The maximum atomic E-state index is 11.1. The molecule has 1 aromatic rings. The Kier molecular flexibility index (Phi) is 2.27. The lowest BCUT2D eigenvalue weighted by atomic mass is 9.94. The highest BCUT2D eigenvalue weighted by Crippen LogP contribution is 2.48. The zero-order chi connectivity index (χ0) is 11.1. The quantitative estimate of drug-likeness (QED) is 0.793. The Labute approximate surface area is 88.4 Å². The largest absolute Gasteiger partial charge is 0.481 e. The zero-order valence-electron chi connectivity index (χ0n) is 8.60. The average Bonchev–Trinajstić information content (AvgIpc) is 2.98. The van der Waals surface area contributed by atoms with Crippen LogP contribution in [0.3, 0.4) is 0 Å². The van der Waals surface area contributed by atoms with Gasteiger partial charge < -0.3 is 10.2 Å². The summed E-state index contributed by atoms with van der Waals surface area (Å²) in [7, 11) is 0. The third-order valence-electron chi connectivity index (χ3n) is 3.11. The first-order valence-electron chi connectivity index (χ1n) is 5.08. The lowest BCUT2D eigenvalue weighted by molar-refractivity contribution is -0.140. The van der Waals surface area contributed by atoms with Gasteiger partial charge in [0, 0.05) is 0 Å². The molecule has 0 amide bonds. The molecule has 0 heterocycles. The third-order valence-corrected chi connectivity index (χ3v) is 3.11. The zero-order valence-corrected chi connectivity index (χ0v) is 8.60. The number of carboxylic acid groups (broad SMARTS) is 1. The second-order valence-electron chi connectivity index (χ2n) is 4.19. The molecule has 1 saturated carbocycles. The van der Waals surface area contributed by atoms with Gasteiger partial charge in [-0.1, -0.05) is 24.3 Å². The van der Waals surface area contributed by atoms with Crippen LogP contribution in [-0.4, -0.2) is 16.2 Å². The van der Waals surface area contributed by atoms with Gasteiger partial charge >= 0.3 is 5.97 Å². The van der Waals surface area contributed by atoms with E-state index in [4.69, 9.17) is 5.11 Å². The van der Waals surface area contributed by atoms with E-state index in [2.05, 4.69) is 0 Å². The summed E-state index contributed by atoms with van der Waals surface area (Å²) in [6.45, 7) is 1.69. The molecule has 0 bridgehead atoms. The first kappa shape index (κ1) is 10.2. The molecule has 0 radical (unpaired) electrons. The van der Waals surface area contributed by atoms with Gasteiger partial charge in [0.2, 0.25) is 0 Å².